The van der Waals surface area contributed by atoms with Crippen molar-refractivity contribution in [3.8, 4) is 0 Å². The van der Waals surface area contributed by atoms with E-state index >= 15 is 0 Å². The van der Waals surface area contributed by atoms with E-state index in [1.165, 1.54) is 0 Å². The average molecular weight is 306 g/mol. The molecule has 0 bridgehead atoms. The van der Waals surface area contributed by atoms with Gasteiger partial charge in [0.2, 0.25) is 0 Å². The van der Waals surface area contributed by atoms with E-state index in [2.05, 4.69) is 0 Å². The maximum atomic E-state index is 5.72. The summed E-state index contributed by atoms with van der Waals surface area (Å²) in [6.45, 7) is 15.7. The third-order valence-electron chi connectivity index (χ3n) is 2.85. The van der Waals surface area contributed by atoms with Crippen LogP contribution in [0.15, 0.2) is 0 Å². The van der Waals surface area contributed by atoms with Gasteiger partial charge in [0.1, 0.15) is 0 Å². The molecule has 0 aromatic heterocycles. The third kappa shape index (κ3) is 13.2. The SMILES string of the molecule is CCOC[C@H](C)OC[C@@H](C)OC[C@H](C)OC[C@H](C)OCC. The van der Waals surface area contributed by atoms with E-state index < -0.39 is 0 Å². The summed E-state index contributed by atoms with van der Waals surface area (Å²) in [4.78, 5) is 0. The quantitative estimate of drug-likeness (QED) is 0.494. The highest BCUT2D eigenvalue weighted by atomic mass is 16.6. The first kappa shape index (κ1) is 20.8. The molecule has 4 atom stereocenters. The van der Waals surface area contributed by atoms with Gasteiger partial charge in [-0.15, -0.1) is 0 Å². The fourth-order valence-electron chi connectivity index (χ4n) is 1.66. The highest BCUT2D eigenvalue weighted by Crippen LogP contribution is 2.02. The van der Waals surface area contributed by atoms with E-state index in [0.717, 1.165) is 6.61 Å². The number of rotatable bonds is 14. The zero-order valence-electron chi connectivity index (χ0n) is 14.6. The van der Waals surface area contributed by atoms with Crippen LogP contribution in [-0.2, 0) is 23.7 Å². The van der Waals surface area contributed by atoms with Gasteiger partial charge in [-0.2, -0.15) is 0 Å². The van der Waals surface area contributed by atoms with Crippen LogP contribution < -0.4 is 0 Å². The van der Waals surface area contributed by atoms with Gasteiger partial charge < -0.3 is 23.7 Å². The number of ether oxygens (including phenoxy) is 5. The number of hydrogen-bond donors (Lipinski definition) is 0. The van der Waals surface area contributed by atoms with Crippen molar-refractivity contribution in [2.75, 3.05) is 39.6 Å². The summed E-state index contributed by atoms with van der Waals surface area (Å²) in [6.07, 6.45) is 0.315. The molecule has 0 amide bonds. The predicted octanol–water partition coefficient (Wildman–Crippen LogP) is 2.66. The molecule has 128 valence electrons. The zero-order chi connectivity index (χ0) is 16.1. The molecule has 0 spiro atoms. The van der Waals surface area contributed by atoms with Gasteiger partial charge in [-0.05, 0) is 41.5 Å². The van der Waals surface area contributed by atoms with Crippen molar-refractivity contribution in [2.24, 2.45) is 0 Å². The second kappa shape index (κ2) is 13.5. The van der Waals surface area contributed by atoms with E-state index in [1.54, 1.807) is 0 Å². The summed E-state index contributed by atoms with van der Waals surface area (Å²) in [5.41, 5.74) is 0. The van der Waals surface area contributed by atoms with Gasteiger partial charge in [-0.1, -0.05) is 0 Å². The van der Waals surface area contributed by atoms with Crippen molar-refractivity contribution in [3.63, 3.8) is 0 Å². The Balaban J connectivity index is 3.60. The van der Waals surface area contributed by atoms with Crippen LogP contribution in [0.1, 0.15) is 41.5 Å². The van der Waals surface area contributed by atoms with Gasteiger partial charge in [0.15, 0.2) is 0 Å². The summed E-state index contributed by atoms with van der Waals surface area (Å²) in [6, 6.07) is 0. The van der Waals surface area contributed by atoms with Crippen LogP contribution in [0, 0.1) is 0 Å². The standard InChI is InChI=1S/C16H34O5/c1-7-17-9-13(3)19-11-15(5)21-12-16(6)20-10-14(4)18-8-2/h13-16H,7-12H2,1-6H3/t13-,14-,15+,16-/m0/s1. The fourth-order valence-corrected chi connectivity index (χ4v) is 1.66. The largest absolute Gasteiger partial charge is 0.379 e. The van der Waals surface area contributed by atoms with Crippen molar-refractivity contribution in [3.05, 3.63) is 0 Å². The van der Waals surface area contributed by atoms with Gasteiger partial charge in [-0.3, -0.25) is 0 Å². The normalized spacial score (nSPS) is 17.4. The Morgan fingerprint density at radius 2 is 0.905 bits per heavy atom. The molecule has 0 saturated heterocycles. The van der Waals surface area contributed by atoms with Crippen LogP contribution in [0.3, 0.4) is 0 Å². The molecule has 0 rings (SSSR count). The molecule has 0 aliphatic heterocycles. The second-order valence-electron chi connectivity index (χ2n) is 5.36. The summed E-state index contributed by atoms with van der Waals surface area (Å²) >= 11 is 0. The molecule has 0 aromatic carbocycles. The minimum absolute atomic E-state index is 0.0458. The molecule has 0 aliphatic rings. The zero-order valence-corrected chi connectivity index (χ0v) is 14.6. The Hall–Kier alpha value is -0.200. The Morgan fingerprint density at radius 1 is 0.524 bits per heavy atom. The second-order valence-corrected chi connectivity index (χ2v) is 5.36. The van der Waals surface area contributed by atoms with Crippen LogP contribution in [0.2, 0.25) is 0 Å². The van der Waals surface area contributed by atoms with Gasteiger partial charge in [0.25, 0.3) is 0 Å². The highest BCUT2D eigenvalue weighted by molar-refractivity contribution is 4.56. The van der Waals surface area contributed by atoms with Crippen molar-refractivity contribution >= 4 is 0 Å². The molecule has 5 nitrogen and oxygen atoms in total. The van der Waals surface area contributed by atoms with E-state index in [-0.39, 0.29) is 24.4 Å². The molecule has 0 radical (unpaired) electrons. The van der Waals surface area contributed by atoms with Crippen molar-refractivity contribution in [1.29, 1.82) is 0 Å². The third-order valence-corrected chi connectivity index (χ3v) is 2.85. The van der Waals surface area contributed by atoms with Crippen molar-refractivity contribution in [2.45, 2.75) is 66.0 Å². The molecule has 0 heterocycles. The number of hydrogen-bond acceptors (Lipinski definition) is 5. The minimum Gasteiger partial charge on any atom is -0.379 e. The maximum Gasteiger partial charge on any atom is 0.0781 e. The molecule has 0 unspecified atom stereocenters. The Bertz CT molecular complexity index is 225. The van der Waals surface area contributed by atoms with Gasteiger partial charge in [0.05, 0.1) is 50.8 Å². The Morgan fingerprint density at radius 3 is 1.29 bits per heavy atom. The van der Waals surface area contributed by atoms with Crippen molar-refractivity contribution < 1.29 is 23.7 Å². The van der Waals surface area contributed by atoms with Gasteiger partial charge in [-0.25, -0.2) is 0 Å². The summed E-state index contributed by atoms with van der Waals surface area (Å²) in [5.74, 6) is 0. The molecule has 0 N–H and O–H groups in total. The van der Waals surface area contributed by atoms with E-state index in [9.17, 15) is 0 Å². The van der Waals surface area contributed by atoms with Crippen LogP contribution in [-0.4, -0.2) is 64.1 Å². The summed E-state index contributed by atoms with van der Waals surface area (Å²) < 4.78 is 27.8. The smallest absolute Gasteiger partial charge is 0.0781 e. The maximum absolute atomic E-state index is 5.72. The lowest BCUT2D eigenvalue weighted by Gasteiger charge is -2.21. The van der Waals surface area contributed by atoms with Crippen LogP contribution in [0.25, 0.3) is 0 Å². The van der Waals surface area contributed by atoms with Crippen molar-refractivity contribution in [1.82, 2.24) is 0 Å². The first-order chi connectivity index (χ1) is 9.99. The first-order valence-electron chi connectivity index (χ1n) is 8.03. The summed E-state index contributed by atoms with van der Waals surface area (Å²) in [7, 11) is 0. The van der Waals surface area contributed by atoms with Crippen LogP contribution >= 0.6 is 0 Å². The molecule has 21 heavy (non-hydrogen) atoms. The Labute approximate surface area is 130 Å². The van der Waals surface area contributed by atoms with Crippen LogP contribution in [0.5, 0.6) is 0 Å². The minimum atomic E-state index is 0.0458. The molecular weight excluding hydrogens is 272 g/mol. The monoisotopic (exact) mass is 306 g/mol. The van der Waals surface area contributed by atoms with E-state index in [4.69, 9.17) is 23.7 Å². The van der Waals surface area contributed by atoms with E-state index in [0.29, 0.717) is 33.0 Å². The van der Waals surface area contributed by atoms with Gasteiger partial charge >= 0.3 is 0 Å². The van der Waals surface area contributed by atoms with Crippen LogP contribution in [0.4, 0.5) is 0 Å². The highest BCUT2D eigenvalue weighted by Gasteiger charge is 2.11. The molecule has 0 aromatic rings. The molecule has 5 heteroatoms. The topological polar surface area (TPSA) is 46.2 Å². The summed E-state index contributed by atoms with van der Waals surface area (Å²) in [5, 5.41) is 0. The lowest BCUT2D eigenvalue weighted by atomic mass is 10.3. The lowest BCUT2D eigenvalue weighted by Crippen LogP contribution is -2.28. The molecular formula is C16H34O5. The predicted molar refractivity (Wildman–Crippen MR) is 83.8 cm³/mol. The lowest BCUT2D eigenvalue weighted by molar-refractivity contribution is -0.0910. The van der Waals surface area contributed by atoms with Gasteiger partial charge in [0, 0.05) is 13.2 Å². The average Bonchev–Trinajstić information content (AvgIpc) is 2.46. The first-order valence-corrected chi connectivity index (χ1v) is 8.03. The Kier molecular flexibility index (Phi) is 13.3. The fraction of sp³-hybridized carbons (Fsp3) is 1.00. The molecule has 0 saturated carbocycles. The van der Waals surface area contributed by atoms with E-state index in [1.807, 2.05) is 41.5 Å². The molecule has 0 fully saturated rings. The molecule has 0 aliphatic carbocycles.